The molecule has 4 rings (SSSR count). The van der Waals surface area contributed by atoms with E-state index in [2.05, 4.69) is 11.4 Å². The van der Waals surface area contributed by atoms with Crippen LogP contribution >= 0.6 is 0 Å². The number of urea groups is 1. The molecule has 1 N–H and O–H groups in total. The van der Waals surface area contributed by atoms with Gasteiger partial charge in [-0.25, -0.2) is 16.9 Å². The largest absolute Gasteiger partial charge is 0.748 e. The van der Waals surface area contributed by atoms with Crippen LogP contribution < -0.4 is 10.1 Å². The third-order valence-corrected chi connectivity index (χ3v) is 4.29. The normalized spacial score (nSPS) is 15.6. The number of carbonyl (C=O) groups is 1. The van der Waals surface area contributed by atoms with Gasteiger partial charge in [0.25, 0.3) is 0 Å². The summed E-state index contributed by atoms with van der Waals surface area (Å²) in [6.45, 7) is 0. The van der Waals surface area contributed by atoms with Crippen molar-refractivity contribution in [2.45, 2.75) is 6.04 Å². The predicted octanol–water partition coefficient (Wildman–Crippen LogP) is 4.55. The number of nitrogens with one attached hydrogen (secondary N) is 1. The van der Waals surface area contributed by atoms with E-state index < -0.39 is 0 Å². The minimum Gasteiger partial charge on any atom is -0.748 e. The second-order valence-corrected chi connectivity index (χ2v) is 5.98. The molecular weight excluding hydrogens is 380 g/mol. The molecule has 2 amide bonds. The van der Waals surface area contributed by atoms with Gasteiger partial charge in [-0.05, 0) is 35.9 Å². The average Bonchev–Trinajstić information content (AvgIpc) is 3.40. The third-order valence-electron chi connectivity index (χ3n) is 4.29. The first-order chi connectivity index (χ1) is 12.7. The Morgan fingerprint density at radius 1 is 1.04 bits per heavy atom. The Balaban J connectivity index is 0.000000379. The van der Waals surface area contributed by atoms with Crippen LogP contribution in [0, 0.1) is 0 Å². The van der Waals surface area contributed by atoms with E-state index in [-0.39, 0.29) is 29.1 Å². The van der Waals surface area contributed by atoms with Gasteiger partial charge in [0.15, 0.2) is 0 Å². The number of methoxy groups -OCH3 is 1. The van der Waals surface area contributed by atoms with Crippen LogP contribution in [0.5, 0.6) is 5.75 Å². The molecule has 0 bridgehead atoms. The minimum absolute atomic E-state index is 0. The van der Waals surface area contributed by atoms with Crippen molar-refractivity contribution in [3.8, 4) is 5.75 Å². The molecule has 1 atom stereocenters. The van der Waals surface area contributed by atoms with Gasteiger partial charge in [0.1, 0.15) is 5.75 Å². The second-order valence-electron chi connectivity index (χ2n) is 5.98. The summed E-state index contributed by atoms with van der Waals surface area (Å²) in [6.07, 6.45) is 2.07. The fourth-order valence-corrected chi connectivity index (χ4v) is 2.81. The van der Waals surface area contributed by atoms with Gasteiger partial charge in [0.2, 0.25) is 0 Å². The van der Waals surface area contributed by atoms with Crippen LogP contribution in [0.2, 0.25) is 0 Å². The van der Waals surface area contributed by atoms with Gasteiger partial charge in [0, 0.05) is 35.9 Å². The summed E-state index contributed by atoms with van der Waals surface area (Å²) in [5.41, 5.74) is 2.90. The summed E-state index contributed by atoms with van der Waals surface area (Å²) in [5, 5.41) is 2.92. The van der Waals surface area contributed by atoms with Crippen molar-refractivity contribution in [3.05, 3.63) is 96.1 Å². The first kappa shape index (κ1) is 20.6. The quantitative estimate of drug-likeness (QED) is 0.516. The maximum absolute atomic E-state index is 12.2. The molecule has 1 unspecified atom stereocenters. The Bertz CT molecular complexity index is 820. The maximum atomic E-state index is 12.2. The number of ether oxygens (including phenoxy) is 1. The van der Waals surface area contributed by atoms with Crippen molar-refractivity contribution in [2.75, 3.05) is 14.2 Å². The molecule has 0 aromatic heterocycles. The van der Waals surface area contributed by atoms with Gasteiger partial charge < -0.3 is 45.3 Å². The number of likely N-dealkylation sites (N-methyl/N-ethyl adjacent to an activating group) is 1. The molecule has 0 aliphatic carbocycles. The molecule has 1 heterocycles. The van der Waals surface area contributed by atoms with E-state index in [9.17, 15) is 4.79 Å². The van der Waals surface area contributed by atoms with Gasteiger partial charge in [-0.15, -0.1) is 5.56 Å². The molecule has 1 aliphatic heterocycles. The first-order valence-corrected chi connectivity index (χ1v) is 8.47. The van der Waals surface area contributed by atoms with E-state index in [0.29, 0.717) is 0 Å². The molecule has 4 nitrogen and oxygen atoms in total. The average molecular weight is 402 g/mol. The molecule has 1 aliphatic rings. The molecule has 0 spiro atoms. The topological polar surface area (TPSA) is 41.6 Å². The van der Waals surface area contributed by atoms with Crippen LogP contribution in [0.3, 0.4) is 0 Å². The number of carbonyl (C=O) groups excluding carboxylic acids is 1. The SMILES string of the molecule is COc1ccc(C2=CC([c-]3cccc3)N(C)C(=O)N2)cc1.[Fe].[cH-]1[cH-][cH-][cH-][cH-]1. The second kappa shape index (κ2) is 9.81. The van der Waals surface area contributed by atoms with Crippen LogP contribution in [-0.4, -0.2) is 25.1 Å². The van der Waals surface area contributed by atoms with Crippen molar-refractivity contribution in [1.82, 2.24) is 10.2 Å². The van der Waals surface area contributed by atoms with Crippen molar-refractivity contribution in [1.29, 1.82) is 0 Å². The Morgan fingerprint density at radius 2 is 1.59 bits per heavy atom. The summed E-state index contributed by atoms with van der Waals surface area (Å²) in [5.74, 6) is 0.797. The molecule has 0 radical (unpaired) electrons. The van der Waals surface area contributed by atoms with E-state index in [0.717, 1.165) is 22.6 Å². The molecule has 146 valence electrons. The Kier molecular flexibility index (Phi) is 7.47. The van der Waals surface area contributed by atoms with Crippen LogP contribution in [0.25, 0.3) is 5.70 Å². The Labute approximate surface area is 170 Å². The van der Waals surface area contributed by atoms with E-state index in [4.69, 9.17) is 4.74 Å². The van der Waals surface area contributed by atoms with E-state index in [1.54, 1.807) is 19.1 Å². The number of hydrogen-bond donors (Lipinski definition) is 1. The molecule has 3 aromatic rings. The fourth-order valence-electron chi connectivity index (χ4n) is 2.81. The fraction of sp³-hybridized carbons (Fsp3) is 0.136. The van der Waals surface area contributed by atoms with Gasteiger partial charge in [-0.1, -0.05) is 0 Å². The van der Waals surface area contributed by atoms with E-state index >= 15 is 0 Å². The van der Waals surface area contributed by atoms with Crippen molar-refractivity contribution < 1.29 is 26.6 Å². The summed E-state index contributed by atoms with van der Waals surface area (Å²) >= 11 is 0. The summed E-state index contributed by atoms with van der Waals surface area (Å²) in [4.78, 5) is 13.9. The summed E-state index contributed by atoms with van der Waals surface area (Å²) in [7, 11) is 3.44. The van der Waals surface area contributed by atoms with Crippen LogP contribution in [0.4, 0.5) is 4.79 Å². The first-order valence-electron chi connectivity index (χ1n) is 8.47. The number of benzene rings is 1. The molecule has 5 heteroatoms. The van der Waals surface area contributed by atoms with Gasteiger partial charge in [0.05, 0.1) is 7.11 Å². The zero-order valence-corrected chi connectivity index (χ0v) is 16.4. The maximum Gasteiger partial charge on any atom is 0.321 e. The monoisotopic (exact) mass is 402 g/mol. The number of rotatable bonds is 3. The van der Waals surface area contributed by atoms with Crippen LogP contribution in [-0.2, 0) is 17.1 Å². The van der Waals surface area contributed by atoms with Crippen molar-refractivity contribution in [2.24, 2.45) is 0 Å². The smallest absolute Gasteiger partial charge is 0.321 e. The molecule has 0 fully saturated rings. The molecule has 3 aromatic carbocycles. The van der Waals surface area contributed by atoms with Gasteiger partial charge in [-0.3, -0.25) is 0 Å². The zero-order chi connectivity index (χ0) is 18.4. The molecule has 0 saturated heterocycles. The van der Waals surface area contributed by atoms with Crippen molar-refractivity contribution >= 4 is 11.7 Å². The van der Waals surface area contributed by atoms with Gasteiger partial charge in [-0.2, -0.15) is 12.1 Å². The number of amides is 2. The summed E-state index contributed by atoms with van der Waals surface area (Å²) < 4.78 is 5.16. The van der Waals surface area contributed by atoms with Crippen molar-refractivity contribution in [3.63, 3.8) is 0 Å². The Hall–Kier alpha value is -2.75. The summed E-state index contributed by atoms with van der Waals surface area (Å²) in [6, 6.07) is 25.5. The minimum atomic E-state index is -0.102. The zero-order valence-electron chi connectivity index (χ0n) is 15.3. The number of hydrogen-bond acceptors (Lipinski definition) is 2. The van der Waals surface area contributed by atoms with Crippen LogP contribution in [0.1, 0.15) is 17.2 Å². The van der Waals surface area contributed by atoms with E-state index in [1.165, 1.54) is 0 Å². The van der Waals surface area contributed by atoms with E-state index in [1.807, 2.05) is 78.9 Å². The molecule has 27 heavy (non-hydrogen) atoms. The number of nitrogens with zero attached hydrogens (tertiary/aromatic N) is 1. The Morgan fingerprint density at radius 3 is 2.11 bits per heavy atom. The van der Waals surface area contributed by atoms with Gasteiger partial charge >= 0.3 is 6.03 Å². The van der Waals surface area contributed by atoms with Crippen LogP contribution in [0.15, 0.2) is 84.9 Å². The third kappa shape index (κ3) is 5.13. The predicted molar refractivity (Wildman–Crippen MR) is 104 cm³/mol. The molecule has 0 saturated carbocycles. The standard InChI is InChI=1S/C17H17N2O2.C5H5.Fe/c1-19-16(13-5-3-4-6-13)11-15(18-17(19)20)12-7-9-14(21-2)10-8-12;1-2-4-5-3-1;/h3-11,16H,1-2H3,(H,18,20);1-5H;/q-1;-5;. The molecular formula is C22H22FeN2O2-6.